The van der Waals surface area contributed by atoms with Gasteiger partial charge in [0.05, 0.1) is 0 Å². The Labute approximate surface area is 163 Å². The van der Waals surface area contributed by atoms with Crippen LogP contribution in [0.25, 0.3) is 0 Å². The van der Waals surface area contributed by atoms with Gasteiger partial charge in [0, 0.05) is 12.0 Å². The molecular weight excluding hydrogens is 354 g/mol. The van der Waals surface area contributed by atoms with Gasteiger partial charge in [-0.2, -0.15) is 0 Å². The Balaban J connectivity index is 1.80. The van der Waals surface area contributed by atoms with Gasteiger partial charge in [-0.15, -0.1) is 0 Å². The Kier molecular flexibility index (Phi) is 6.41. The number of hydrogen-bond acceptors (Lipinski definition) is 3. The van der Waals surface area contributed by atoms with Gasteiger partial charge in [-0.3, -0.25) is 4.79 Å². The van der Waals surface area contributed by atoms with Crippen LogP contribution in [-0.2, 0) is 16.0 Å². The second kappa shape index (κ2) is 9.37. The minimum absolute atomic E-state index is 0.189. The van der Waals surface area contributed by atoms with Gasteiger partial charge in [0.15, 0.2) is 0 Å². The number of carbonyl (C=O) groups is 2. The van der Waals surface area contributed by atoms with Crippen molar-refractivity contribution in [3.05, 3.63) is 102 Å². The highest BCUT2D eigenvalue weighted by atomic mass is 16.5. The molecule has 5 heteroatoms. The van der Waals surface area contributed by atoms with Crippen LogP contribution in [0.1, 0.15) is 17.2 Å². The van der Waals surface area contributed by atoms with Crippen LogP contribution in [0, 0.1) is 0 Å². The minimum atomic E-state index is -1.09. The molecule has 5 nitrogen and oxygen atoms in total. The molecule has 0 saturated carbocycles. The lowest BCUT2D eigenvalue weighted by atomic mass is 10.0. The largest absolute Gasteiger partial charge is 0.480 e. The smallest absolute Gasteiger partial charge is 0.326 e. The van der Waals surface area contributed by atoms with Gasteiger partial charge in [0.25, 0.3) is 5.91 Å². The van der Waals surface area contributed by atoms with E-state index in [2.05, 4.69) is 5.32 Å². The lowest BCUT2D eigenvalue weighted by Gasteiger charge is -2.22. The van der Waals surface area contributed by atoms with Gasteiger partial charge in [-0.05, 0) is 17.7 Å². The molecular formula is C23H21NO4. The number of aliphatic carboxylic acids is 1. The first-order valence-electron chi connectivity index (χ1n) is 8.97. The van der Waals surface area contributed by atoms with Crippen LogP contribution in [-0.4, -0.2) is 23.0 Å². The van der Waals surface area contributed by atoms with Crippen molar-refractivity contribution in [1.82, 2.24) is 5.32 Å². The zero-order chi connectivity index (χ0) is 19.8. The summed E-state index contributed by atoms with van der Waals surface area (Å²) in [5.41, 5.74) is 1.48. The van der Waals surface area contributed by atoms with Crippen molar-refractivity contribution >= 4 is 11.9 Å². The lowest BCUT2D eigenvalue weighted by molar-refractivity contribution is -0.143. The van der Waals surface area contributed by atoms with Crippen LogP contribution in [0.3, 0.4) is 0 Å². The molecule has 2 N–H and O–H groups in total. The molecule has 0 spiro atoms. The Morgan fingerprint density at radius 3 is 1.93 bits per heavy atom. The molecule has 1 amide bonds. The molecule has 0 aliphatic heterocycles. The van der Waals surface area contributed by atoms with Crippen LogP contribution in [0.15, 0.2) is 91.0 Å². The number of amides is 1. The van der Waals surface area contributed by atoms with Gasteiger partial charge in [0.2, 0.25) is 6.10 Å². The van der Waals surface area contributed by atoms with Crippen molar-refractivity contribution in [3.8, 4) is 5.75 Å². The number of ether oxygens (including phenoxy) is 1. The van der Waals surface area contributed by atoms with E-state index in [-0.39, 0.29) is 6.42 Å². The van der Waals surface area contributed by atoms with Crippen molar-refractivity contribution in [3.63, 3.8) is 0 Å². The molecule has 0 unspecified atom stereocenters. The summed E-state index contributed by atoms with van der Waals surface area (Å²) in [7, 11) is 0. The SMILES string of the molecule is O=C(O)[C@@H](Cc1ccccc1)NC(=O)[C@H](Oc1ccccc1)c1ccccc1. The second-order valence-corrected chi connectivity index (χ2v) is 6.31. The summed E-state index contributed by atoms with van der Waals surface area (Å²) in [5, 5.41) is 12.2. The Morgan fingerprint density at radius 2 is 1.36 bits per heavy atom. The van der Waals surface area contributed by atoms with E-state index < -0.39 is 24.0 Å². The molecule has 0 saturated heterocycles. The van der Waals surface area contributed by atoms with E-state index in [1.807, 2.05) is 66.7 Å². The average Bonchev–Trinajstić information content (AvgIpc) is 2.73. The third-order valence-electron chi connectivity index (χ3n) is 4.23. The third kappa shape index (κ3) is 5.20. The van der Waals surface area contributed by atoms with Crippen LogP contribution in [0.4, 0.5) is 0 Å². The van der Waals surface area contributed by atoms with E-state index in [0.29, 0.717) is 11.3 Å². The molecule has 0 aliphatic rings. The summed E-state index contributed by atoms with van der Waals surface area (Å²) in [4.78, 5) is 24.7. The number of carbonyl (C=O) groups excluding carboxylic acids is 1. The number of carboxylic acids is 1. The summed E-state index contributed by atoms with van der Waals surface area (Å²) in [6, 6.07) is 26.1. The number of para-hydroxylation sites is 1. The minimum Gasteiger partial charge on any atom is -0.480 e. The Morgan fingerprint density at radius 1 is 0.821 bits per heavy atom. The van der Waals surface area contributed by atoms with E-state index in [4.69, 9.17) is 4.74 Å². The zero-order valence-electron chi connectivity index (χ0n) is 15.2. The van der Waals surface area contributed by atoms with Crippen LogP contribution >= 0.6 is 0 Å². The number of hydrogen-bond donors (Lipinski definition) is 2. The molecule has 0 radical (unpaired) electrons. The highest BCUT2D eigenvalue weighted by Gasteiger charge is 2.28. The molecule has 3 aromatic carbocycles. The number of benzene rings is 3. The second-order valence-electron chi connectivity index (χ2n) is 6.31. The first-order valence-corrected chi connectivity index (χ1v) is 8.97. The molecule has 0 aliphatic carbocycles. The van der Waals surface area contributed by atoms with E-state index >= 15 is 0 Å². The summed E-state index contributed by atoms with van der Waals surface area (Å²) < 4.78 is 5.89. The maximum absolute atomic E-state index is 13.0. The first kappa shape index (κ1) is 19.2. The molecule has 2 atom stereocenters. The van der Waals surface area contributed by atoms with Gasteiger partial charge in [0.1, 0.15) is 11.8 Å². The molecule has 0 fully saturated rings. The zero-order valence-corrected chi connectivity index (χ0v) is 15.2. The molecule has 0 aromatic heterocycles. The van der Waals surface area contributed by atoms with Crippen LogP contribution < -0.4 is 10.1 Å². The van der Waals surface area contributed by atoms with Crippen LogP contribution in [0.5, 0.6) is 5.75 Å². The predicted molar refractivity (Wildman–Crippen MR) is 106 cm³/mol. The van der Waals surface area contributed by atoms with Crippen LogP contribution in [0.2, 0.25) is 0 Å². The summed E-state index contributed by atoms with van der Waals surface area (Å²) in [6.45, 7) is 0. The highest BCUT2D eigenvalue weighted by Crippen LogP contribution is 2.22. The standard InChI is InChI=1S/C23H21NO4/c25-22(24-20(23(26)27)16-17-10-4-1-5-11-17)21(18-12-6-2-7-13-18)28-19-14-8-3-9-15-19/h1-15,20-21H,16H2,(H,24,25)(H,26,27)/t20-,21-/m1/s1. The van der Waals surface area contributed by atoms with E-state index in [1.54, 1.807) is 24.3 Å². The number of nitrogens with one attached hydrogen (secondary N) is 1. The summed E-state index contributed by atoms with van der Waals surface area (Å²) in [6.07, 6.45) is -0.768. The molecule has 142 valence electrons. The third-order valence-corrected chi connectivity index (χ3v) is 4.23. The van der Waals surface area contributed by atoms with Gasteiger partial charge in [-0.25, -0.2) is 4.79 Å². The Hall–Kier alpha value is -3.60. The number of rotatable bonds is 8. The fourth-order valence-corrected chi connectivity index (χ4v) is 2.83. The first-order chi connectivity index (χ1) is 13.6. The topological polar surface area (TPSA) is 75.6 Å². The maximum atomic E-state index is 13.0. The van der Waals surface area contributed by atoms with E-state index in [0.717, 1.165) is 5.56 Å². The van der Waals surface area contributed by atoms with Gasteiger partial charge < -0.3 is 15.2 Å². The van der Waals surface area contributed by atoms with Gasteiger partial charge in [-0.1, -0.05) is 78.9 Å². The molecule has 0 bridgehead atoms. The lowest BCUT2D eigenvalue weighted by Crippen LogP contribution is -2.45. The van der Waals surface area contributed by atoms with E-state index in [1.165, 1.54) is 0 Å². The van der Waals surface area contributed by atoms with Crippen molar-refractivity contribution in [2.45, 2.75) is 18.6 Å². The monoisotopic (exact) mass is 375 g/mol. The highest BCUT2D eigenvalue weighted by molar-refractivity contribution is 5.87. The maximum Gasteiger partial charge on any atom is 0.326 e. The average molecular weight is 375 g/mol. The molecule has 3 aromatic rings. The summed E-state index contributed by atoms with van der Waals surface area (Å²) >= 11 is 0. The molecule has 3 rings (SSSR count). The normalized spacial score (nSPS) is 12.6. The predicted octanol–water partition coefficient (Wildman–Crippen LogP) is 3.62. The molecule has 28 heavy (non-hydrogen) atoms. The van der Waals surface area contributed by atoms with E-state index in [9.17, 15) is 14.7 Å². The van der Waals surface area contributed by atoms with Crippen molar-refractivity contribution < 1.29 is 19.4 Å². The quantitative estimate of drug-likeness (QED) is 0.631. The van der Waals surface area contributed by atoms with Crippen molar-refractivity contribution in [1.29, 1.82) is 0 Å². The fourth-order valence-electron chi connectivity index (χ4n) is 2.83. The van der Waals surface area contributed by atoms with Crippen molar-refractivity contribution in [2.24, 2.45) is 0 Å². The molecule has 0 heterocycles. The number of carboxylic acid groups (broad SMARTS) is 1. The fraction of sp³-hybridized carbons (Fsp3) is 0.130. The Bertz CT molecular complexity index is 898. The summed E-state index contributed by atoms with van der Waals surface area (Å²) in [5.74, 6) is -1.07. The van der Waals surface area contributed by atoms with Crippen molar-refractivity contribution in [2.75, 3.05) is 0 Å². The van der Waals surface area contributed by atoms with Gasteiger partial charge >= 0.3 is 5.97 Å².